The maximum atomic E-state index is 13.6. The fraction of sp³-hybridized carbons (Fsp3) is 0.500. The molecule has 0 radical (unpaired) electrons. The van der Waals surface area contributed by atoms with Gasteiger partial charge in [-0.3, -0.25) is 0 Å². The van der Waals surface area contributed by atoms with Gasteiger partial charge in [-0.2, -0.15) is 0 Å². The van der Waals surface area contributed by atoms with Gasteiger partial charge in [-0.05, 0) is 43.4 Å². The summed E-state index contributed by atoms with van der Waals surface area (Å²) in [4.78, 5) is 14.2. The highest BCUT2D eigenvalue weighted by Gasteiger charge is 2.39. The van der Waals surface area contributed by atoms with Crippen molar-refractivity contribution in [1.29, 1.82) is 0 Å². The number of hydrogen-bond acceptors (Lipinski definition) is 5. The Morgan fingerprint density at radius 3 is 2.77 bits per heavy atom. The summed E-state index contributed by atoms with van der Waals surface area (Å²) in [6.07, 6.45) is 8.63. The fourth-order valence-electron chi connectivity index (χ4n) is 4.35. The highest BCUT2D eigenvalue weighted by molar-refractivity contribution is 7.99. The van der Waals surface area contributed by atoms with Crippen LogP contribution in [0.2, 0.25) is 0 Å². The van der Waals surface area contributed by atoms with Gasteiger partial charge in [-0.15, -0.1) is 0 Å². The Kier molecular flexibility index (Phi) is 5.35. The van der Waals surface area contributed by atoms with Crippen molar-refractivity contribution >= 4 is 28.7 Å². The van der Waals surface area contributed by atoms with E-state index in [2.05, 4.69) is 21.8 Å². The maximum Gasteiger partial charge on any atom is 0.191 e. The number of fused-ring (bicyclic) bond motifs is 1. The molecule has 3 aromatic rings. The van der Waals surface area contributed by atoms with Crippen LogP contribution in [-0.2, 0) is 0 Å². The Hall–Kier alpha value is -2.22. The molecule has 2 aliphatic rings. The quantitative estimate of drug-likeness (QED) is 0.386. The van der Waals surface area contributed by atoms with Crippen molar-refractivity contribution in [2.75, 3.05) is 11.1 Å². The number of rotatable bonds is 7. The summed E-state index contributed by atoms with van der Waals surface area (Å²) in [7, 11) is 0. The van der Waals surface area contributed by atoms with Crippen molar-refractivity contribution in [2.45, 2.75) is 68.6 Å². The molecule has 1 aromatic carbocycles. The summed E-state index contributed by atoms with van der Waals surface area (Å²) in [6.45, 7) is 2.14. The maximum absolute atomic E-state index is 13.6. The molecule has 0 bridgehead atoms. The summed E-state index contributed by atoms with van der Waals surface area (Å²) in [5.74, 6) is 0.246. The van der Waals surface area contributed by atoms with Gasteiger partial charge in [0, 0.05) is 23.8 Å². The third-order valence-corrected chi connectivity index (χ3v) is 7.09. The number of nitrogens with zero attached hydrogens (tertiary/aromatic N) is 4. The number of anilines is 1. The monoisotopic (exact) mass is 429 g/mol. The van der Waals surface area contributed by atoms with Crippen molar-refractivity contribution in [3.8, 4) is 0 Å². The second-order valence-electron chi connectivity index (χ2n) is 8.23. The molecule has 8 heteroatoms. The van der Waals surface area contributed by atoms with Crippen molar-refractivity contribution in [3.63, 3.8) is 0 Å². The van der Waals surface area contributed by atoms with Crippen LogP contribution < -0.4 is 5.32 Å². The van der Waals surface area contributed by atoms with Crippen LogP contribution in [0, 0.1) is 11.6 Å². The van der Waals surface area contributed by atoms with E-state index in [0.717, 1.165) is 59.1 Å². The number of nitrogens with one attached hydrogen (secondary N) is 1. The van der Waals surface area contributed by atoms with Crippen LogP contribution in [0.15, 0.2) is 29.7 Å². The molecule has 2 aliphatic carbocycles. The van der Waals surface area contributed by atoms with E-state index >= 15 is 0 Å². The summed E-state index contributed by atoms with van der Waals surface area (Å²) >= 11 is 1.66. The van der Waals surface area contributed by atoms with E-state index in [1.807, 2.05) is 6.33 Å². The molecular formula is C22H25F2N5S. The van der Waals surface area contributed by atoms with Crippen LogP contribution in [0.5, 0.6) is 0 Å². The Morgan fingerprint density at radius 1 is 1.17 bits per heavy atom. The number of hydrogen-bond donors (Lipinski definition) is 1. The zero-order valence-electron chi connectivity index (χ0n) is 16.9. The van der Waals surface area contributed by atoms with Crippen LogP contribution in [-0.4, -0.2) is 31.3 Å². The van der Waals surface area contributed by atoms with Gasteiger partial charge in [-0.1, -0.05) is 37.6 Å². The van der Waals surface area contributed by atoms with Crippen LogP contribution in [0.1, 0.15) is 63.0 Å². The fourth-order valence-corrected chi connectivity index (χ4v) is 5.04. The topological polar surface area (TPSA) is 55.6 Å². The second kappa shape index (κ2) is 8.13. The Bertz CT molecular complexity index is 1060. The minimum Gasteiger partial charge on any atom is -0.365 e. The molecule has 0 aliphatic heterocycles. The Morgan fingerprint density at radius 2 is 2.00 bits per heavy atom. The molecule has 2 fully saturated rings. The summed E-state index contributed by atoms with van der Waals surface area (Å²) in [6, 6.07) is 4.75. The molecule has 2 aromatic heterocycles. The van der Waals surface area contributed by atoms with Crippen molar-refractivity contribution in [1.82, 2.24) is 19.5 Å². The van der Waals surface area contributed by atoms with Crippen molar-refractivity contribution < 1.29 is 8.78 Å². The lowest BCUT2D eigenvalue weighted by molar-refractivity contribution is 0.507. The van der Waals surface area contributed by atoms with Crippen LogP contribution in [0.4, 0.5) is 14.6 Å². The Labute approximate surface area is 178 Å². The van der Waals surface area contributed by atoms with Crippen molar-refractivity contribution in [3.05, 3.63) is 41.7 Å². The molecular weight excluding hydrogens is 404 g/mol. The zero-order chi connectivity index (χ0) is 20.7. The van der Waals surface area contributed by atoms with E-state index in [4.69, 9.17) is 9.97 Å². The molecule has 2 saturated carbocycles. The van der Waals surface area contributed by atoms with Crippen LogP contribution >= 0.6 is 11.8 Å². The van der Waals surface area contributed by atoms with Gasteiger partial charge in [0.25, 0.3) is 0 Å². The third kappa shape index (κ3) is 3.77. The lowest BCUT2D eigenvalue weighted by atomic mass is 10.1. The number of halogens is 2. The van der Waals surface area contributed by atoms with Gasteiger partial charge in [0.15, 0.2) is 33.8 Å². The molecule has 1 N–H and O–H groups in total. The summed E-state index contributed by atoms with van der Waals surface area (Å²) < 4.78 is 29.1. The van der Waals surface area contributed by atoms with E-state index in [1.165, 1.54) is 25.0 Å². The average molecular weight is 430 g/mol. The van der Waals surface area contributed by atoms with E-state index in [1.54, 1.807) is 17.8 Å². The largest absolute Gasteiger partial charge is 0.365 e. The molecule has 5 nitrogen and oxygen atoms in total. The average Bonchev–Trinajstić information content (AvgIpc) is 3.13. The van der Waals surface area contributed by atoms with E-state index in [9.17, 15) is 8.78 Å². The molecule has 5 rings (SSSR count). The first-order valence-electron chi connectivity index (χ1n) is 10.7. The highest BCUT2D eigenvalue weighted by atomic mass is 32.2. The van der Waals surface area contributed by atoms with Crippen LogP contribution in [0.25, 0.3) is 11.2 Å². The third-order valence-electron chi connectivity index (χ3n) is 6.04. The SMILES string of the molecule is CCCSc1nc(N[C@@H]2C[C@H]2c2ccc(F)c(F)c2)c2ncn(C3CCCC3)c2n1. The normalized spacial score (nSPS) is 21.4. The van der Waals surface area contributed by atoms with E-state index < -0.39 is 11.6 Å². The second-order valence-corrected chi connectivity index (χ2v) is 9.29. The van der Waals surface area contributed by atoms with Gasteiger partial charge in [0.2, 0.25) is 0 Å². The molecule has 30 heavy (non-hydrogen) atoms. The minimum atomic E-state index is -0.809. The first kappa shape index (κ1) is 19.7. The van der Waals surface area contributed by atoms with E-state index in [0.29, 0.717) is 6.04 Å². The smallest absolute Gasteiger partial charge is 0.191 e. The van der Waals surface area contributed by atoms with Gasteiger partial charge in [-0.25, -0.2) is 23.7 Å². The molecule has 0 amide bonds. The first-order chi connectivity index (χ1) is 14.6. The Balaban J connectivity index is 1.43. The highest BCUT2D eigenvalue weighted by Crippen LogP contribution is 2.44. The number of aromatic nitrogens is 4. The van der Waals surface area contributed by atoms with Crippen molar-refractivity contribution in [2.24, 2.45) is 0 Å². The number of benzene rings is 1. The number of thioether (sulfide) groups is 1. The zero-order valence-corrected chi connectivity index (χ0v) is 17.8. The van der Waals surface area contributed by atoms with Gasteiger partial charge < -0.3 is 9.88 Å². The van der Waals surface area contributed by atoms with Gasteiger partial charge in [0.1, 0.15) is 0 Å². The van der Waals surface area contributed by atoms with E-state index in [-0.39, 0.29) is 12.0 Å². The standard InChI is InChI=1S/C22H25F2N5S/c1-2-9-30-22-27-20(19-21(28-22)29(12-25-19)14-5-3-4-6-14)26-18-11-15(18)13-7-8-16(23)17(24)10-13/h7-8,10,12,14-15,18H,2-6,9,11H2,1H3,(H,26,27,28)/t15-,18+/m0/s1. The van der Waals surface area contributed by atoms with Crippen LogP contribution in [0.3, 0.4) is 0 Å². The predicted octanol–water partition coefficient (Wildman–Crippen LogP) is 5.69. The van der Waals surface area contributed by atoms with Gasteiger partial charge >= 0.3 is 0 Å². The molecule has 158 valence electrons. The lowest BCUT2D eigenvalue weighted by Crippen LogP contribution is -2.09. The summed E-state index contributed by atoms with van der Waals surface area (Å²) in [5.41, 5.74) is 2.50. The molecule has 0 spiro atoms. The molecule has 0 saturated heterocycles. The number of imidazole rings is 1. The molecule has 2 atom stereocenters. The molecule has 0 unspecified atom stereocenters. The predicted molar refractivity (Wildman–Crippen MR) is 115 cm³/mol. The summed E-state index contributed by atoms with van der Waals surface area (Å²) in [5, 5.41) is 4.27. The first-order valence-corrected chi connectivity index (χ1v) is 11.7. The lowest BCUT2D eigenvalue weighted by Gasteiger charge is -2.13. The molecule has 2 heterocycles. The van der Waals surface area contributed by atoms with Gasteiger partial charge in [0.05, 0.1) is 6.33 Å². The minimum absolute atomic E-state index is 0.133.